The topological polar surface area (TPSA) is 250 Å². The smallest absolute Gasteiger partial charge is 0.244 e. The van der Waals surface area contributed by atoms with Crippen LogP contribution in [-0.4, -0.2) is 168 Å². The third-order valence-electron chi connectivity index (χ3n) is 19.5. The van der Waals surface area contributed by atoms with Gasteiger partial charge in [0.15, 0.2) is 0 Å². The first-order valence-electron chi connectivity index (χ1n) is 37.1. The van der Waals surface area contributed by atoms with Gasteiger partial charge >= 0.3 is 0 Å². The Hall–Kier alpha value is -10.2. The van der Waals surface area contributed by atoms with E-state index in [1.54, 1.807) is 92.4 Å². The molecular formula is C88H86Cl6N12O7. The zero-order valence-corrected chi connectivity index (χ0v) is 67.2. The predicted molar refractivity (Wildman–Crippen MR) is 449 cm³/mol. The number of nitrogens with one attached hydrogen (secondary N) is 3. The molecule has 0 radical (unpaired) electrons. The highest BCUT2D eigenvalue weighted by molar-refractivity contribution is 6.36. The van der Waals surface area contributed by atoms with Gasteiger partial charge < -0.3 is 45.6 Å². The molecule has 6 amide bonds. The van der Waals surface area contributed by atoms with Gasteiger partial charge in [0.05, 0.1) is 66.6 Å². The molecule has 0 aromatic heterocycles. The molecule has 582 valence electrons. The summed E-state index contributed by atoms with van der Waals surface area (Å²) >= 11 is 36.3. The van der Waals surface area contributed by atoms with E-state index in [9.17, 15) is 39.1 Å². The molecule has 12 rings (SSSR count). The number of benzene rings is 9. The van der Waals surface area contributed by atoms with E-state index >= 15 is 0 Å². The van der Waals surface area contributed by atoms with Crippen molar-refractivity contribution in [3.8, 4) is 51.6 Å². The normalized spacial score (nSPS) is 14.0. The lowest BCUT2D eigenvalue weighted by Gasteiger charge is -2.44. The molecule has 0 unspecified atom stereocenters. The first-order valence-corrected chi connectivity index (χ1v) is 39.4. The van der Waals surface area contributed by atoms with Crippen LogP contribution in [0.5, 0.6) is 0 Å². The molecule has 1 aliphatic carbocycles. The number of hydrogen-bond acceptors (Lipinski definition) is 13. The molecule has 2 heterocycles. The van der Waals surface area contributed by atoms with Crippen LogP contribution < -0.4 is 16.0 Å². The van der Waals surface area contributed by atoms with Crippen LogP contribution in [0, 0.1) is 39.9 Å². The van der Waals surface area contributed by atoms with Gasteiger partial charge in [-0.1, -0.05) is 192 Å². The van der Waals surface area contributed by atoms with Crippen molar-refractivity contribution in [3.05, 3.63) is 264 Å². The molecule has 3 fully saturated rings. The average molecular weight is 1640 g/mol. The Kier molecular flexibility index (Phi) is 31.8. The molecule has 1 saturated carbocycles. The molecule has 2 saturated heterocycles. The fourth-order valence-electron chi connectivity index (χ4n) is 13.7. The number of anilines is 3. The minimum atomic E-state index is -0.350. The number of hydrogen-bond donors (Lipinski definition) is 4. The summed E-state index contributed by atoms with van der Waals surface area (Å²) < 4.78 is 0. The fourth-order valence-corrected chi connectivity index (χ4v) is 15.2. The lowest BCUT2D eigenvalue weighted by molar-refractivity contribution is -0.145. The predicted octanol–water partition coefficient (Wildman–Crippen LogP) is 16.5. The number of rotatable bonds is 27. The maximum atomic E-state index is 13.6. The zero-order chi connectivity index (χ0) is 80.5. The van der Waals surface area contributed by atoms with Crippen LogP contribution in [0.2, 0.25) is 30.1 Å². The SMILES string of the molecule is CN(C)CC(=O)N(CCc1ccc(-c2cccc(C#N)c2)cc1)CC(=O)Nc1cc(Cl)cc(Cl)c1.N#Cc1cccc(-c2ccc(CCN(CC(=O)Nc3cc(Cl)cc(Cl)c3)C(=O)CCN3CC[C@H](O)C3)cc2)c1.N#Cc1cccc(-c2ccc(CN(CC(=O)Nc3cc(Cl)cc(Cl)c3)C(=O)C3CN(C4CCCC4)C3)cc2)c1. The number of likely N-dealkylation sites (N-methyl/N-ethyl adjacent to an activating group) is 1. The van der Waals surface area contributed by atoms with E-state index < -0.39 is 0 Å². The van der Waals surface area contributed by atoms with Gasteiger partial charge in [0.25, 0.3) is 0 Å². The molecule has 0 spiro atoms. The molecule has 19 nitrogen and oxygen atoms in total. The van der Waals surface area contributed by atoms with Crippen molar-refractivity contribution in [2.24, 2.45) is 5.92 Å². The number of aliphatic hydroxyl groups is 1. The first kappa shape index (κ1) is 85.3. The van der Waals surface area contributed by atoms with Crippen molar-refractivity contribution >= 4 is 122 Å². The molecule has 25 heteroatoms. The molecule has 9 aromatic rings. The van der Waals surface area contributed by atoms with Crippen LogP contribution in [0.4, 0.5) is 17.1 Å². The Morgan fingerprint density at radius 1 is 0.442 bits per heavy atom. The summed E-state index contributed by atoms with van der Waals surface area (Å²) in [5.74, 6) is -1.35. The number of halogens is 6. The largest absolute Gasteiger partial charge is 0.392 e. The molecule has 0 bridgehead atoms. The molecular weight excluding hydrogens is 1550 g/mol. The van der Waals surface area contributed by atoms with E-state index in [-0.39, 0.29) is 80.1 Å². The molecule has 1 atom stereocenters. The standard InChI is InChI=1S/C31H30Cl2N4O2.C30H30Cl2N4O3.C27H26Cl2N4O2/c32-26-13-27(33)15-28(14-26)35-30(38)20-37(31(39)25-18-36(19-25)29-6-1-2-7-29)17-21-8-10-23(11-9-21)24-5-3-4-22(12-24)16-34;31-25-15-26(32)17-27(16-25)34-29(38)20-36(30(39)10-12-35-11-9-28(37)19-35)13-8-21-4-6-23(7-5-21)24-3-1-2-22(14-24)18-33;1-32(2)18-27(35)33(17-26(34)31-25-14-23(28)13-24(29)15-25)11-10-19-6-8-21(9-7-19)22-5-3-4-20(12-22)16-30/h3-5,8-15,25,29H,1-2,6-7,17-20H2,(H,35,38);1-7,14-17,28,37H,8-13,19-20H2,(H,34,38);3-9,12-15H,10-11,17-18H2,1-2H3,(H,31,34)/t;28-;/m.0./s1. The molecule has 9 aromatic carbocycles. The number of β-amino-alcohol motifs (C(OH)–C–C–N with tert-alkyl or cyclic N) is 1. The lowest BCUT2D eigenvalue weighted by Crippen LogP contribution is -2.57. The summed E-state index contributed by atoms with van der Waals surface area (Å²) in [7, 11) is 3.62. The van der Waals surface area contributed by atoms with E-state index in [0.717, 1.165) is 69.7 Å². The monoisotopic (exact) mass is 1630 g/mol. The van der Waals surface area contributed by atoms with E-state index in [1.165, 1.54) is 25.7 Å². The number of carbonyl (C=O) groups excluding carboxylic acids is 6. The first-order chi connectivity index (χ1) is 54.4. The van der Waals surface area contributed by atoms with E-state index in [4.69, 9.17) is 80.1 Å². The van der Waals surface area contributed by atoms with E-state index in [0.29, 0.717) is 122 Å². The van der Waals surface area contributed by atoms with Crippen LogP contribution in [0.25, 0.3) is 33.4 Å². The van der Waals surface area contributed by atoms with Gasteiger partial charge in [-0.25, -0.2) is 0 Å². The summed E-state index contributed by atoms with van der Waals surface area (Å²) in [6.07, 6.45) is 6.72. The summed E-state index contributed by atoms with van der Waals surface area (Å²) in [5, 5.41) is 48.1. The van der Waals surface area contributed by atoms with Crippen molar-refractivity contribution in [3.63, 3.8) is 0 Å². The quantitative estimate of drug-likeness (QED) is 0.0374. The summed E-state index contributed by atoms with van der Waals surface area (Å²) in [4.78, 5) is 89.1. The molecule has 4 N–H and O–H groups in total. The minimum Gasteiger partial charge on any atom is -0.392 e. The van der Waals surface area contributed by atoms with Crippen molar-refractivity contribution in [2.75, 3.05) is 102 Å². The number of amides is 6. The Bertz CT molecular complexity index is 4900. The number of nitriles is 3. The molecule has 2 aliphatic heterocycles. The van der Waals surface area contributed by atoms with Crippen molar-refractivity contribution in [1.29, 1.82) is 15.8 Å². The average Bonchev–Trinajstić information content (AvgIpc) is 1.71. The van der Waals surface area contributed by atoms with Crippen molar-refractivity contribution in [1.82, 2.24) is 29.4 Å². The van der Waals surface area contributed by atoms with Crippen molar-refractivity contribution in [2.45, 2.75) is 70.1 Å². The lowest BCUT2D eigenvalue weighted by atomic mass is 9.95. The third kappa shape index (κ3) is 26.7. The zero-order valence-electron chi connectivity index (χ0n) is 62.6. The number of aliphatic hydroxyl groups excluding tert-OH is 1. The minimum absolute atomic E-state index is 0.00526. The van der Waals surface area contributed by atoms with Crippen LogP contribution in [0.3, 0.4) is 0 Å². The summed E-state index contributed by atoms with van der Waals surface area (Å²) in [6, 6.07) is 67.7. The highest BCUT2D eigenvalue weighted by atomic mass is 35.5. The van der Waals surface area contributed by atoms with Crippen LogP contribution >= 0.6 is 69.6 Å². The van der Waals surface area contributed by atoms with Gasteiger partial charge in [-0.2, -0.15) is 15.8 Å². The second-order valence-electron chi connectivity index (χ2n) is 28.4. The molecule has 3 aliphatic rings. The maximum absolute atomic E-state index is 13.6. The van der Waals surface area contributed by atoms with Crippen LogP contribution in [-0.2, 0) is 48.2 Å². The van der Waals surface area contributed by atoms with Gasteiger partial charge in [0.2, 0.25) is 35.4 Å². The fraction of sp³-hybridized carbons (Fsp3) is 0.284. The van der Waals surface area contributed by atoms with Gasteiger partial charge in [-0.3, -0.25) is 33.7 Å². The van der Waals surface area contributed by atoms with Crippen molar-refractivity contribution < 1.29 is 33.9 Å². The Morgan fingerprint density at radius 3 is 1.18 bits per heavy atom. The van der Waals surface area contributed by atoms with Gasteiger partial charge in [0, 0.05) is 112 Å². The highest BCUT2D eigenvalue weighted by Crippen LogP contribution is 2.33. The van der Waals surface area contributed by atoms with Crippen LogP contribution in [0.15, 0.2) is 200 Å². The van der Waals surface area contributed by atoms with Gasteiger partial charge in [-0.15, -0.1) is 0 Å². The Morgan fingerprint density at radius 2 is 0.814 bits per heavy atom. The Labute approximate surface area is 689 Å². The maximum Gasteiger partial charge on any atom is 0.244 e. The van der Waals surface area contributed by atoms with E-state index in [2.05, 4.69) is 44.0 Å². The van der Waals surface area contributed by atoms with E-state index in [1.807, 2.05) is 141 Å². The second kappa shape index (κ2) is 42.1. The number of nitrogens with zero attached hydrogens (tertiary/aromatic N) is 9. The number of likely N-dealkylation sites (tertiary alicyclic amines) is 2. The Balaban J connectivity index is 0.000000180. The van der Waals surface area contributed by atoms with Crippen LogP contribution in [0.1, 0.15) is 71.9 Å². The second-order valence-corrected chi connectivity index (χ2v) is 31.1. The molecule has 113 heavy (non-hydrogen) atoms. The third-order valence-corrected chi connectivity index (χ3v) is 20.8. The van der Waals surface area contributed by atoms with Gasteiger partial charge in [0.1, 0.15) is 6.54 Å². The summed E-state index contributed by atoms with van der Waals surface area (Å²) in [5.41, 5.74) is 12.1. The number of carbonyl (C=O) groups is 6. The summed E-state index contributed by atoms with van der Waals surface area (Å²) in [6.45, 7) is 4.36. The highest BCUT2D eigenvalue weighted by Gasteiger charge is 2.40. The van der Waals surface area contributed by atoms with Gasteiger partial charge in [-0.05, 0) is 187 Å².